The molecular formula is C18H15ClF3N5O. The third-order valence-corrected chi connectivity index (χ3v) is 4.12. The quantitative estimate of drug-likeness (QED) is 0.535. The molecule has 4 N–H and O–H groups in total. The summed E-state index contributed by atoms with van der Waals surface area (Å²) in [7, 11) is 1.52. The van der Waals surface area contributed by atoms with Crippen LogP contribution in [0.1, 0.15) is 5.56 Å². The maximum Gasteiger partial charge on any atom is 0.416 e. The van der Waals surface area contributed by atoms with Gasteiger partial charge in [-0.05, 0) is 30.3 Å². The zero-order valence-corrected chi connectivity index (χ0v) is 15.3. The number of nitrogens with zero attached hydrogens (tertiary/aromatic N) is 2. The number of benzene rings is 2. The van der Waals surface area contributed by atoms with E-state index in [0.29, 0.717) is 11.4 Å². The molecule has 3 aromatic rings. The summed E-state index contributed by atoms with van der Waals surface area (Å²) in [4.78, 5) is 8.07. The van der Waals surface area contributed by atoms with Gasteiger partial charge in [-0.3, -0.25) is 0 Å². The molecular weight excluding hydrogens is 395 g/mol. The Labute approximate surface area is 163 Å². The van der Waals surface area contributed by atoms with Gasteiger partial charge in [0.05, 0.1) is 29.1 Å². The summed E-state index contributed by atoms with van der Waals surface area (Å²) in [6.07, 6.45) is -3.28. The topological polar surface area (TPSA) is 85.1 Å². The molecule has 1 heterocycles. The molecule has 0 aliphatic rings. The van der Waals surface area contributed by atoms with Crippen LogP contribution in [0.5, 0.6) is 5.75 Å². The molecule has 0 saturated heterocycles. The molecule has 3 rings (SSSR count). The Balaban J connectivity index is 1.92. The lowest BCUT2D eigenvalue weighted by Crippen LogP contribution is -2.08. The highest BCUT2D eigenvalue weighted by molar-refractivity contribution is 6.33. The monoisotopic (exact) mass is 409 g/mol. The molecule has 0 bridgehead atoms. The van der Waals surface area contributed by atoms with E-state index in [4.69, 9.17) is 22.1 Å². The first-order valence-electron chi connectivity index (χ1n) is 7.94. The lowest BCUT2D eigenvalue weighted by Gasteiger charge is -2.15. The number of nitrogen functional groups attached to an aromatic ring is 1. The van der Waals surface area contributed by atoms with Crippen LogP contribution in [0.4, 0.5) is 41.9 Å². The molecule has 0 fully saturated rings. The molecule has 0 amide bonds. The summed E-state index contributed by atoms with van der Waals surface area (Å²) in [6.45, 7) is 0. The third-order valence-electron chi connectivity index (χ3n) is 3.79. The van der Waals surface area contributed by atoms with E-state index in [0.717, 1.165) is 18.2 Å². The highest BCUT2D eigenvalue weighted by Gasteiger charge is 2.31. The SMILES string of the molecule is COc1ccccc1Nc1ncnc(Nc2cc(C(F)(F)F)ccc2Cl)c1N. The lowest BCUT2D eigenvalue weighted by atomic mass is 10.2. The van der Waals surface area contributed by atoms with Crippen molar-refractivity contribution < 1.29 is 17.9 Å². The van der Waals surface area contributed by atoms with Gasteiger partial charge in [-0.25, -0.2) is 9.97 Å². The van der Waals surface area contributed by atoms with E-state index in [1.807, 2.05) is 0 Å². The number of anilines is 5. The molecule has 6 nitrogen and oxygen atoms in total. The number of alkyl halides is 3. The summed E-state index contributed by atoms with van der Waals surface area (Å²) >= 11 is 6.01. The van der Waals surface area contributed by atoms with Gasteiger partial charge in [0.15, 0.2) is 11.6 Å². The van der Waals surface area contributed by atoms with Gasteiger partial charge in [-0.2, -0.15) is 13.2 Å². The second-order valence-corrected chi connectivity index (χ2v) is 6.03. The smallest absolute Gasteiger partial charge is 0.416 e. The summed E-state index contributed by atoms with van der Waals surface area (Å²) in [5, 5.41) is 5.83. The molecule has 10 heteroatoms. The molecule has 0 unspecified atom stereocenters. The van der Waals surface area contributed by atoms with Gasteiger partial charge >= 0.3 is 6.18 Å². The first-order chi connectivity index (χ1) is 13.3. The number of hydrogen-bond acceptors (Lipinski definition) is 6. The number of halogens is 4. The minimum absolute atomic E-state index is 0.0186. The number of hydrogen-bond donors (Lipinski definition) is 3. The molecule has 0 spiro atoms. The second-order valence-electron chi connectivity index (χ2n) is 5.63. The molecule has 1 aromatic heterocycles. The van der Waals surface area contributed by atoms with Gasteiger partial charge in [-0.1, -0.05) is 23.7 Å². The van der Waals surface area contributed by atoms with Crippen LogP contribution >= 0.6 is 11.6 Å². The van der Waals surface area contributed by atoms with Crippen LogP contribution in [0, 0.1) is 0 Å². The average molecular weight is 410 g/mol. The predicted molar refractivity (Wildman–Crippen MR) is 102 cm³/mol. The number of nitrogens with two attached hydrogens (primary N) is 1. The van der Waals surface area contributed by atoms with Gasteiger partial charge in [-0.15, -0.1) is 0 Å². The van der Waals surface area contributed by atoms with E-state index in [1.165, 1.54) is 13.4 Å². The van der Waals surface area contributed by atoms with Crippen LogP contribution in [-0.4, -0.2) is 17.1 Å². The van der Waals surface area contributed by atoms with Crippen molar-refractivity contribution in [2.45, 2.75) is 6.18 Å². The van der Waals surface area contributed by atoms with Crippen molar-refractivity contribution in [2.24, 2.45) is 0 Å². The maximum absolute atomic E-state index is 13.0. The molecule has 0 atom stereocenters. The highest BCUT2D eigenvalue weighted by Crippen LogP contribution is 2.37. The Morgan fingerprint density at radius 2 is 1.64 bits per heavy atom. The van der Waals surface area contributed by atoms with Crippen molar-refractivity contribution in [3.63, 3.8) is 0 Å². The maximum atomic E-state index is 13.0. The summed E-state index contributed by atoms with van der Waals surface area (Å²) in [5.74, 6) is 0.926. The normalized spacial score (nSPS) is 11.2. The number of para-hydroxylation sites is 2. The fraction of sp³-hybridized carbons (Fsp3) is 0.111. The average Bonchev–Trinajstić information content (AvgIpc) is 2.66. The van der Waals surface area contributed by atoms with Crippen LogP contribution in [0.3, 0.4) is 0 Å². The van der Waals surface area contributed by atoms with Crippen LogP contribution in [-0.2, 0) is 6.18 Å². The summed E-state index contributed by atoms with van der Waals surface area (Å²) in [6, 6.07) is 10.0. The molecule has 0 aliphatic carbocycles. The second kappa shape index (κ2) is 7.81. The predicted octanol–water partition coefficient (Wildman–Crippen LogP) is 5.23. The molecule has 0 radical (unpaired) electrons. The lowest BCUT2D eigenvalue weighted by molar-refractivity contribution is -0.137. The number of rotatable bonds is 5. The molecule has 28 heavy (non-hydrogen) atoms. The highest BCUT2D eigenvalue weighted by atomic mass is 35.5. The minimum Gasteiger partial charge on any atom is -0.495 e. The standard InChI is InChI=1S/C18H15ClF3N5O/c1-28-14-5-3-2-4-12(14)26-16-15(23)17(25-9-24-16)27-13-8-10(18(20,21)22)6-7-11(13)19/h2-9H,23H2,1H3,(H2,24,25,26,27). The number of ether oxygens (including phenoxy) is 1. The zero-order chi connectivity index (χ0) is 20.3. The fourth-order valence-corrected chi connectivity index (χ4v) is 2.56. The first kappa shape index (κ1) is 19.6. The van der Waals surface area contributed by atoms with Crippen molar-refractivity contribution in [3.8, 4) is 5.75 Å². The number of aromatic nitrogens is 2. The van der Waals surface area contributed by atoms with E-state index < -0.39 is 11.7 Å². The third kappa shape index (κ3) is 4.20. The van der Waals surface area contributed by atoms with Crippen molar-refractivity contribution in [3.05, 3.63) is 59.4 Å². The Morgan fingerprint density at radius 1 is 1.00 bits per heavy atom. The van der Waals surface area contributed by atoms with Gasteiger partial charge in [0.1, 0.15) is 17.8 Å². The van der Waals surface area contributed by atoms with Crippen molar-refractivity contribution in [1.82, 2.24) is 9.97 Å². The van der Waals surface area contributed by atoms with Crippen LogP contribution in [0.2, 0.25) is 5.02 Å². The Bertz CT molecular complexity index is 997. The molecule has 146 valence electrons. The first-order valence-corrected chi connectivity index (χ1v) is 8.31. The molecule has 2 aromatic carbocycles. The largest absolute Gasteiger partial charge is 0.495 e. The van der Waals surface area contributed by atoms with Crippen LogP contribution in [0.15, 0.2) is 48.8 Å². The molecule has 0 saturated carbocycles. The Morgan fingerprint density at radius 3 is 2.29 bits per heavy atom. The van der Waals surface area contributed by atoms with Crippen molar-refractivity contribution in [2.75, 3.05) is 23.5 Å². The van der Waals surface area contributed by atoms with E-state index in [9.17, 15) is 13.2 Å². The number of methoxy groups -OCH3 is 1. The molecule has 0 aliphatic heterocycles. The minimum atomic E-state index is -4.51. The van der Waals surface area contributed by atoms with E-state index in [2.05, 4.69) is 20.6 Å². The van der Waals surface area contributed by atoms with Crippen molar-refractivity contribution >= 4 is 40.3 Å². The Kier molecular flexibility index (Phi) is 5.46. The summed E-state index contributed by atoms with van der Waals surface area (Å²) in [5.41, 5.74) is 5.97. The van der Waals surface area contributed by atoms with Crippen LogP contribution < -0.4 is 21.1 Å². The fourth-order valence-electron chi connectivity index (χ4n) is 2.40. The van der Waals surface area contributed by atoms with Crippen LogP contribution in [0.25, 0.3) is 0 Å². The van der Waals surface area contributed by atoms with Gasteiger partial charge in [0, 0.05) is 0 Å². The summed E-state index contributed by atoms with van der Waals surface area (Å²) < 4.78 is 44.1. The van der Waals surface area contributed by atoms with Gasteiger partial charge in [0.25, 0.3) is 0 Å². The number of nitrogens with one attached hydrogen (secondary N) is 2. The van der Waals surface area contributed by atoms with Gasteiger partial charge < -0.3 is 21.1 Å². The van der Waals surface area contributed by atoms with E-state index >= 15 is 0 Å². The van der Waals surface area contributed by atoms with Gasteiger partial charge in [0.2, 0.25) is 0 Å². The van der Waals surface area contributed by atoms with Crippen molar-refractivity contribution in [1.29, 1.82) is 0 Å². The Hall–Kier alpha value is -3.20. The van der Waals surface area contributed by atoms with E-state index in [-0.39, 0.29) is 28.0 Å². The zero-order valence-electron chi connectivity index (χ0n) is 14.5. The van der Waals surface area contributed by atoms with E-state index in [1.54, 1.807) is 24.3 Å².